The van der Waals surface area contributed by atoms with Gasteiger partial charge in [-0.15, -0.1) is 0 Å². The lowest BCUT2D eigenvalue weighted by Gasteiger charge is -2.16. The molecule has 14 heavy (non-hydrogen) atoms. The van der Waals surface area contributed by atoms with Crippen LogP contribution in [0.25, 0.3) is 0 Å². The summed E-state index contributed by atoms with van der Waals surface area (Å²) in [6.07, 6.45) is 1.62. The van der Waals surface area contributed by atoms with Crippen molar-refractivity contribution in [3.8, 4) is 0 Å². The molecule has 1 rings (SSSR count). The van der Waals surface area contributed by atoms with E-state index in [1.165, 1.54) is 0 Å². The van der Waals surface area contributed by atoms with Crippen LogP contribution in [-0.4, -0.2) is 45.5 Å². The molecular formula is C9H18N2O3. The van der Waals surface area contributed by atoms with Crippen molar-refractivity contribution in [2.45, 2.75) is 25.2 Å². The number of hydrogen-bond acceptors (Lipinski definition) is 4. The quantitative estimate of drug-likeness (QED) is 0.589. The molecule has 0 radical (unpaired) electrons. The zero-order valence-electron chi connectivity index (χ0n) is 8.71. The minimum atomic E-state index is -0.361. The number of nitrogens with one attached hydrogen (secondary N) is 2. The van der Waals surface area contributed by atoms with Gasteiger partial charge in [0.1, 0.15) is 0 Å². The van der Waals surface area contributed by atoms with Crippen LogP contribution >= 0.6 is 0 Å². The van der Waals surface area contributed by atoms with Crippen molar-refractivity contribution in [2.75, 3.05) is 27.3 Å². The van der Waals surface area contributed by atoms with Crippen LogP contribution < -0.4 is 10.6 Å². The van der Waals surface area contributed by atoms with Crippen LogP contribution in [0.2, 0.25) is 0 Å². The molecule has 0 aromatic rings. The topological polar surface area (TPSA) is 59.6 Å². The molecule has 0 bridgehead atoms. The van der Waals surface area contributed by atoms with Gasteiger partial charge in [0.25, 0.3) is 0 Å². The zero-order chi connectivity index (χ0) is 10.4. The second kappa shape index (κ2) is 5.95. The molecule has 1 heterocycles. The molecule has 1 saturated heterocycles. The largest absolute Gasteiger partial charge is 0.354 e. The Balaban J connectivity index is 2.19. The van der Waals surface area contributed by atoms with Crippen molar-refractivity contribution >= 4 is 5.91 Å². The van der Waals surface area contributed by atoms with Crippen LogP contribution in [0.15, 0.2) is 0 Å². The molecule has 1 fully saturated rings. The average Bonchev–Trinajstić information content (AvgIpc) is 2.72. The van der Waals surface area contributed by atoms with Gasteiger partial charge < -0.3 is 20.1 Å². The molecule has 5 heteroatoms. The molecule has 0 aromatic carbocycles. The molecule has 0 aliphatic carbocycles. The maximum absolute atomic E-state index is 11.5. The molecule has 0 saturated carbocycles. The van der Waals surface area contributed by atoms with Gasteiger partial charge in [-0.05, 0) is 19.4 Å². The van der Waals surface area contributed by atoms with E-state index >= 15 is 0 Å². The molecule has 1 amide bonds. The van der Waals surface area contributed by atoms with Gasteiger partial charge in [-0.25, -0.2) is 0 Å². The Morgan fingerprint density at radius 2 is 2.29 bits per heavy atom. The van der Waals surface area contributed by atoms with E-state index in [2.05, 4.69) is 10.6 Å². The molecule has 5 nitrogen and oxygen atoms in total. The summed E-state index contributed by atoms with van der Waals surface area (Å²) in [6, 6.07) is -0.0376. The Hall–Kier alpha value is -0.650. The van der Waals surface area contributed by atoms with Crippen LogP contribution in [0.5, 0.6) is 0 Å². The van der Waals surface area contributed by atoms with Gasteiger partial charge in [-0.2, -0.15) is 0 Å². The number of carbonyl (C=O) groups is 1. The summed E-state index contributed by atoms with van der Waals surface area (Å²) in [7, 11) is 3.10. The third kappa shape index (κ3) is 3.25. The first kappa shape index (κ1) is 11.4. The van der Waals surface area contributed by atoms with Crippen molar-refractivity contribution < 1.29 is 14.3 Å². The lowest BCUT2D eigenvalue weighted by molar-refractivity contribution is -0.128. The number of methoxy groups -OCH3 is 2. The number of amides is 1. The maximum atomic E-state index is 11.5. The normalized spacial score (nSPS) is 21.5. The van der Waals surface area contributed by atoms with Gasteiger partial charge >= 0.3 is 0 Å². The van der Waals surface area contributed by atoms with Crippen molar-refractivity contribution in [3.63, 3.8) is 0 Å². The second-order valence-electron chi connectivity index (χ2n) is 3.30. The fourth-order valence-electron chi connectivity index (χ4n) is 1.48. The summed E-state index contributed by atoms with van der Waals surface area (Å²) in [5.41, 5.74) is 0. The molecule has 82 valence electrons. The van der Waals surface area contributed by atoms with E-state index in [1.807, 2.05) is 0 Å². The Morgan fingerprint density at radius 1 is 1.57 bits per heavy atom. The van der Waals surface area contributed by atoms with Crippen molar-refractivity contribution in [2.24, 2.45) is 0 Å². The van der Waals surface area contributed by atoms with E-state index < -0.39 is 0 Å². The highest BCUT2D eigenvalue weighted by atomic mass is 16.7. The third-order valence-corrected chi connectivity index (χ3v) is 2.35. The van der Waals surface area contributed by atoms with E-state index in [0.29, 0.717) is 6.54 Å². The van der Waals surface area contributed by atoms with Crippen LogP contribution in [0, 0.1) is 0 Å². The van der Waals surface area contributed by atoms with Crippen LogP contribution in [0.1, 0.15) is 12.8 Å². The van der Waals surface area contributed by atoms with E-state index in [1.54, 1.807) is 14.2 Å². The molecule has 2 N–H and O–H groups in total. The fourth-order valence-corrected chi connectivity index (χ4v) is 1.48. The van der Waals surface area contributed by atoms with Crippen molar-refractivity contribution in [1.82, 2.24) is 10.6 Å². The molecule has 0 unspecified atom stereocenters. The minimum absolute atomic E-state index is 0.0293. The predicted octanol–water partition coefficient (Wildman–Crippen LogP) is -0.526. The van der Waals surface area contributed by atoms with Crippen molar-refractivity contribution in [1.29, 1.82) is 0 Å². The van der Waals surface area contributed by atoms with E-state index in [9.17, 15) is 4.79 Å². The van der Waals surface area contributed by atoms with E-state index in [0.717, 1.165) is 19.4 Å². The first-order chi connectivity index (χ1) is 6.77. The molecular weight excluding hydrogens is 184 g/mol. The molecule has 1 aliphatic rings. The Morgan fingerprint density at radius 3 is 2.79 bits per heavy atom. The lowest BCUT2D eigenvalue weighted by atomic mass is 10.2. The lowest BCUT2D eigenvalue weighted by Crippen LogP contribution is -2.43. The highest BCUT2D eigenvalue weighted by molar-refractivity contribution is 5.81. The molecule has 1 aliphatic heterocycles. The van der Waals surface area contributed by atoms with Crippen LogP contribution in [0.4, 0.5) is 0 Å². The van der Waals surface area contributed by atoms with Gasteiger partial charge in [-0.3, -0.25) is 4.79 Å². The van der Waals surface area contributed by atoms with Gasteiger partial charge in [0.05, 0.1) is 12.6 Å². The standard InChI is InChI=1S/C9H18N2O3/c1-13-8(14-2)6-11-9(12)7-4-3-5-10-7/h7-8,10H,3-6H2,1-2H3,(H,11,12)/t7-/m1/s1. The SMILES string of the molecule is COC(CNC(=O)[C@H]1CCCN1)OC. The van der Waals surface area contributed by atoms with Crippen LogP contribution in [0.3, 0.4) is 0 Å². The van der Waals surface area contributed by atoms with Gasteiger partial charge in [0.2, 0.25) is 5.91 Å². The highest BCUT2D eigenvalue weighted by Crippen LogP contribution is 2.04. The Bertz CT molecular complexity index is 177. The summed E-state index contributed by atoms with van der Waals surface area (Å²) in [5, 5.41) is 5.90. The second-order valence-corrected chi connectivity index (χ2v) is 3.30. The first-order valence-corrected chi connectivity index (χ1v) is 4.84. The summed E-state index contributed by atoms with van der Waals surface area (Å²) in [4.78, 5) is 11.5. The summed E-state index contributed by atoms with van der Waals surface area (Å²) >= 11 is 0. The van der Waals surface area contributed by atoms with Crippen molar-refractivity contribution in [3.05, 3.63) is 0 Å². The predicted molar refractivity (Wildman–Crippen MR) is 51.8 cm³/mol. The Kier molecular flexibility index (Phi) is 4.86. The third-order valence-electron chi connectivity index (χ3n) is 2.35. The summed E-state index contributed by atoms with van der Waals surface area (Å²) in [6.45, 7) is 1.32. The summed E-state index contributed by atoms with van der Waals surface area (Å²) < 4.78 is 9.91. The maximum Gasteiger partial charge on any atom is 0.237 e. The van der Waals surface area contributed by atoms with E-state index in [-0.39, 0.29) is 18.2 Å². The first-order valence-electron chi connectivity index (χ1n) is 4.84. The highest BCUT2D eigenvalue weighted by Gasteiger charge is 2.22. The molecule has 0 spiro atoms. The Labute approximate surface area is 84.1 Å². The number of ether oxygens (including phenoxy) is 2. The minimum Gasteiger partial charge on any atom is -0.354 e. The smallest absolute Gasteiger partial charge is 0.237 e. The van der Waals surface area contributed by atoms with Gasteiger partial charge in [0.15, 0.2) is 6.29 Å². The average molecular weight is 202 g/mol. The van der Waals surface area contributed by atoms with E-state index in [4.69, 9.17) is 9.47 Å². The summed E-state index contributed by atoms with van der Waals surface area (Å²) in [5.74, 6) is 0.0293. The van der Waals surface area contributed by atoms with Gasteiger partial charge in [0, 0.05) is 14.2 Å². The monoisotopic (exact) mass is 202 g/mol. The number of carbonyl (C=O) groups excluding carboxylic acids is 1. The molecule has 0 aromatic heterocycles. The van der Waals surface area contributed by atoms with Gasteiger partial charge in [-0.1, -0.05) is 0 Å². The number of rotatable bonds is 5. The fraction of sp³-hybridized carbons (Fsp3) is 0.889. The molecule has 1 atom stereocenters. The zero-order valence-corrected chi connectivity index (χ0v) is 8.71. The number of hydrogen-bond donors (Lipinski definition) is 2. The van der Waals surface area contributed by atoms with Crippen LogP contribution in [-0.2, 0) is 14.3 Å².